The molecule has 2 bridgehead atoms. The van der Waals surface area contributed by atoms with Gasteiger partial charge in [-0.15, -0.1) is 0 Å². The second-order valence-electron chi connectivity index (χ2n) is 6.72. The van der Waals surface area contributed by atoms with Crippen LogP contribution in [-0.2, 0) is 4.79 Å². The highest BCUT2D eigenvalue weighted by Crippen LogP contribution is 2.68. The number of Topliss-reactive ketones (excluding diaryl/α,β-unsaturated/α-hetero) is 1. The van der Waals surface area contributed by atoms with Gasteiger partial charge in [0.05, 0.1) is 0 Å². The monoisotopic (exact) mass is 208 g/mol. The summed E-state index contributed by atoms with van der Waals surface area (Å²) in [5, 5.41) is 0. The maximum absolute atomic E-state index is 12.2. The Morgan fingerprint density at radius 1 is 1.27 bits per heavy atom. The fourth-order valence-corrected chi connectivity index (χ4v) is 4.04. The van der Waals surface area contributed by atoms with Gasteiger partial charge in [-0.2, -0.15) is 0 Å². The second-order valence-corrected chi connectivity index (χ2v) is 6.72. The highest BCUT2D eigenvalue weighted by atomic mass is 16.1. The van der Waals surface area contributed by atoms with E-state index in [2.05, 4.69) is 20.8 Å². The average molecular weight is 208 g/mol. The van der Waals surface area contributed by atoms with E-state index in [1.165, 1.54) is 12.8 Å². The quantitative estimate of drug-likeness (QED) is 0.676. The van der Waals surface area contributed by atoms with Gasteiger partial charge in [0.2, 0.25) is 0 Å². The summed E-state index contributed by atoms with van der Waals surface area (Å²) in [7, 11) is 0. The van der Waals surface area contributed by atoms with Crippen molar-refractivity contribution in [1.82, 2.24) is 0 Å². The Bertz CT molecular complexity index is 290. The Labute approximate surface area is 93.6 Å². The van der Waals surface area contributed by atoms with E-state index < -0.39 is 0 Å². The van der Waals surface area contributed by atoms with Gasteiger partial charge in [-0.25, -0.2) is 0 Å². The Hall–Kier alpha value is -0.330. The van der Waals surface area contributed by atoms with Crippen molar-refractivity contribution in [2.24, 2.45) is 28.6 Å². The zero-order valence-corrected chi connectivity index (χ0v) is 10.8. The first-order chi connectivity index (χ1) is 6.80. The van der Waals surface area contributed by atoms with Crippen LogP contribution >= 0.6 is 0 Å². The smallest absolute Gasteiger partial charge is 0.139 e. The molecule has 0 aliphatic heterocycles. The van der Waals surface area contributed by atoms with Crippen molar-refractivity contribution >= 4 is 5.78 Å². The Kier molecular flexibility index (Phi) is 2.30. The van der Waals surface area contributed by atoms with Crippen LogP contribution in [-0.4, -0.2) is 5.78 Å². The molecule has 0 heterocycles. The van der Waals surface area contributed by atoms with Crippen molar-refractivity contribution in [1.29, 1.82) is 0 Å². The van der Waals surface area contributed by atoms with Crippen molar-refractivity contribution in [3.8, 4) is 0 Å². The molecule has 3 unspecified atom stereocenters. The standard InChI is InChI=1S/C14H24O/c1-9(2)12(15)11-8-10-6-7-14(11,5)13(10,3)4/h9-11H,6-8H2,1-5H3. The normalized spacial score (nSPS) is 42.5. The summed E-state index contributed by atoms with van der Waals surface area (Å²) in [6.07, 6.45) is 3.75. The molecule has 0 radical (unpaired) electrons. The van der Waals surface area contributed by atoms with Gasteiger partial charge in [0.25, 0.3) is 0 Å². The molecule has 0 amide bonds. The third-order valence-corrected chi connectivity index (χ3v) is 5.71. The van der Waals surface area contributed by atoms with E-state index >= 15 is 0 Å². The maximum atomic E-state index is 12.2. The van der Waals surface area contributed by atoms with Gasteiger partial charge in [-0.05, 0) is 36.0 Å². The van der Waals surface area contributed by atoms with E-state index in [0.717, 1.165) is 12.3 Å². The summed E-state index contributed by atoms with van der Waals surface area (Å²) in [6.45, 7) is 11.2. The van der Waals surface area contributed by atoms with E-state index in [9.17, 15) is 4.79 Å². The predicted octanol–water partition coefficient (Wildman–Crippen LogP) is 3.67. The van der Waals surface area contributed by atoms with Crippen LogP contribution in [0.2, 0.25) is 0 Å². The molecule has 0 aromatic heterocycles. The first kappa shape index (κ1) is 11.2. The molecule has 2 fully saturated rings. The zero-order chi connectivity index (χ0) is 11.4. The van der Waals surface area contributed by atoms with Crippen LogP contribution in [0.15, 0.2) is 0 Å². The molecule has 2 aliphatic rings. The number of fused-ring (bicyclic) bond motifs is 2. The molecular weight excluding hydrogens is 184 g/mol. The first-order valence-electron chi connectivity index (χ1n) is 6.34. The Morgan fingerprint density at radius 3 is 2.20 bits per heavy atom. The van der Waals surface area contributed by atoms with Crippen LogP contribution in [0.4, 0.5) is 0 Å². The number of ketones is 1. The van der Waals surface area contributed by atoms with Crippen LogP contribution in [0.25, 0.3) is 0 Å². The lowest BCUT2D eigenvalue weighted by atomic mass is 9.64. The van der Waals surface area contributed by atoms with Gasteiger partial charge in [-0.3, -0.25) is 4.79 Å². The van der Waals surface area contributed by atoms with E-state index in [1.54, 1.807) is 0 Å². The number of hydrogen-bond acceptors (Lipinski definition) is 1. The van der Waals surface area contributed by atoms with E-state index in [-0.39, 0.29) is 11.3 Å². The largest absolute Gasteiger partial charge is 0.299 e. The topological polar surface area (TPSA) is 17.1 Å². The number of carbonyl (C=O) groups is 1. The minimum Gasteiger partial charge on any atom is -0.299 e. The molecule has 0 aromatic carbocycles. The van der Waals surface area contributed by atoms with Crippen LogP contribution in [0, 0.1) is 28.6 Å². The summed E-state index contributed by atoms with van der Waals surface area (Å²) >= 11 is 0. The minimum atomic E-state index is 0.210. The molecule has 3 atom stereocenters. The second kappa shape index (κ2) is 3.09. The molecule has 2 rings (SSSR count). The van der Waals surface area contributed by atoms with Crippen molar-refractivity contribution in [2.45, 2.75) is 53.9 Å². The fraction of sp³-hybridized carbons (Fsp3) is 0.929. The van der Waals surface area contributed by atoms with Gasteiger partial charge in [0.15, 0.2) is 0 Å². The molecule has 1 heteroatoms. The van der Waals surface area contributed by atoms with Gasteiger partial charge in [0.1, 0.15) is 5.78 Å². The molecule has 1 nitrogen and oxygen atoms in total. The summed E-state index contributed by atoms with van der Waals surface area (Å²) in [5.41, 5.74) is 0.654. The van der Waals surface area contributed by atoms with Crippen molar-refractivity contribution < 1.29 is 4.79 Å². The van der Waals surface area contributed by atoms with Crippen LogP contribution in [0.1, 0.15) is 53.9 Å². The molecule has 15 heavy (non-hydrogen) atoms. The number of rotatable bonds is 2. The van der Waals surface area contributed by atoms with Gasteiger partial charge in [0, 0.05) is 11.8 Å². The molecule has 86 valence electrons. The molecule has 0 aromatic rings. The molecule has 0 N–H and O–H groups in total. The third-order valence-electron chi connectivity index (χ3n) is 5.71. The lowest BCUT2D eigenvalue weighted by Crippen LogP contribution is -2.37. The molecular formula is C14H24O. The molecule has 2 aliphatic carbocycles. The summed E-state index contributed by atoms with van der Waals surface area (Å²) < 4.78 is 0. The maximum Gasteiger partial charge on any atom is 0.139 e. The van der Waals surface area contributed by atoms with Crippen LogP contribution in [0.5, 0.6) is 0 Å². The number of hydrogen-bond donors (Lipinski definition) is 0. The highest BCUT2D eigenvalue weighted by Gasteiger charge is 2.62. The van der Waals surface area contributed by atoms with Crippen molar-refractivity contribution in [2.75, 3.05) is 0 Å². The van der Waals surface area contributed by atoms with Gasteiger partial charge >= 0.3 is 0 Å². The van der Waals surface area contributed by atoms with Crippen LogP contribution < -0.4 is 0 Å². The highest BCUT2D eigenvalue weighted by molar-refractivity contribution is 5.84. The Balaban J connectivity index is 2.30. The van der Waals surface area contributed by atoms with Gasteiger partial charge < -0.3 is 0 Å². The van der Waals surface area contributed by atoms with Crippen molar-refractivity contribution in [3.05, 3.63) is 0 Å². The van der Waals surface area contributed by atoms with Crippen molar-refractivity contribution in [3.63, 3.8) is 0 Å². The summed E-state index contributed by atoms with van der Waals surface area (Å²) in [6, 6.07) is 0. The summed E-state index contributed by atoms with van der Waals surface area (Å²) in [5.74, 6) is 1.84. The zero-order valence-electron chi connectivity index (χ0n) is 10.8. The van der Waals surface area contributed by atoms with E-state index in [0.29, 0.717) is 17.1 Å². The third kappa shape index (κ3) is 1.24. The first-order valence-corrected chi connectivity index (χ1v) is 6.34. The fourth-order valence-electron chi connectivity index (χ4n) is 4.04. The molecule has 0 saturated heterocycles. The van der Waals surface area contributed by atoms with E-state index in [1.807, 2.05) is 13.8 Å². The van der Waals surface area contributed by atoms with Crippen LogP contribution in [0.3, 0.4) is 0 Å². The molecule has 2 saturated carbocycles. The predicted molar refractivity (Wildman–Crippen MR) is 62.6 cm³/mol. The SMILES string of the molecule is CC(C)C(=O)C1CC2CCC1(C)C2(C)C. The van der Waals surface area contributed by atoms with Gasteiger partial charge in [-0.1, -0.05) is 34.6 Å². The Morgan fingerprint density at radius 2 is 1.87 bits per heavy atom. The lowest BCUT2D eigenvalue weighted by Gasteiger charge is -2.39. The average Bonchev–Trinajstić information content (AvgIpc) is 2.47. The lowest BCUT2D eigenvalue weighted by molar-refractivity contribution is -0.130. The minimum absolute atomic E-state index is 0.210. The molecule has 0 spiro atoms. The number of carbonyl (C=O) groups excluding carboxylic acids is 1. The van der Waals surface area contributed by atoms with E-state index in [4.69, 9.17) is 0 Å². The summed E-state index contributed by atoms with van der Waals surface area (Å²) in [4.78, 5) is 12.2.